The molecular formula is C19H16FN3O. The van der Waals surface area contributed by atoms with E-state index in [1.165, 1.54) is 24.3 Å². The Morgan fingerprint density at radius 3 is 2.54 bits per heavy atom. The second-order valence-electron chi connectivity index (χ2n) is 5.33. The lowest BCUT2D eigenvalue weighted by Gasteiger charge is -2.04. The molecule has 1 heterocycles. The molecule has 0 radical (unpaired) electrons. The molecule has 1 amide bonds. The molecule has 0 fully saturated rings. The predicted molar refractivity (Wildman–Crippen MR) is 92.0 cm³/mol. The standard InChI is InChI=1S/C19H16FN3O/c1-14-11-15(13-23(14)18-5-3-2-4-6-18)12-21-22-19(24)16-7-9-17(20)10-8-16/h2-13H,1H3,(H,22,24)/b21-12-. The van der Waals surface area contributed by atoms with Gasteiger partial charge in [0.1, 0.15) is 5.82 Å². The number of aromatic nitrogens is 1. The minimum atomic E-state index is -0.384. The SMILES string of the molecule is Cc1cc(/C=N\NC(=O)c2ccc(F)cc2)cn1-c1ccccc1. The number of amides is 1. The second kappa shape index (κ2) is 6.91. The minimum absolute atomic E-state index is 0.353. The molecule has 0 saturated carbocycles. The Kier molecular flexibility index (Phi) is 4.52. The molecular weight excluding hydrogens is 305 g/mol. The highest BCUT2D eigenvalue weighted by Crippen LogP contribution is 2.14. The van der Waals surface area contributed by atoms with Gasteiger partial charge in [-0.05, 0) is 49.4 Å². The summed E-state index contributed by atoms with van der Waals surface area (Å²) >= 11 is 0. The fraction of sp³-hybridized carbons (Fsp3) is 0.0526. The maximum Gasteiger partial charge on any atom is 0.271 e. The van der Waals surface area contributed by atoms with Gasteiger partial charge in [-0.15, -0.1) is 0 Å². The Hall–Kier alpha value is -3.21. The summed E-state index contributed by atoms with van der Waals surface area (Å²) in [5.41, 5.74) is 5.78. The molecule has 0 aliphatic carbocycles. The van der Waals surface area contributed by atoms with Crippen LogP contribution in [0.3, 0.4) is 0 Å². The summed E-state index contributed by atoms with van der Waals surface area (Å²) in [6.45, 7) is 2.00. The van der Waals surface area contributed by atoms with Crippen molar-refractivity contribution in [1.82, 2.24) is 9.99 Å². The van der Waals surface area contributed by atoms with Gasteiger partial charge in [0.05, 0.1) is 6.21 Å². The van der Waals surface area contributed by atoms with Gasteiger partial charge in [-0.1, -0.05) is 18.2 Å². The first-order valence-corrected chi connectivity index (χ1v) is 7.47. The van der Waals surface area contributed by atoms with Crippen LogP contribution >= 0.6 is 0 Å². The largest absolute Gasteiger partial charge is 0.321 e. The molecule has 24 heavy (non-hydrogen) atoms. The second-order valence-corrected chi connectivity index (χ2v) is 5.33. The molecule has 0 spiro atoms. The lowest BCUT2D eigenvalue weighted by molar-refractivity contribution is 0.0955. The summed E-state index contributed by atoms with van der Waals surface area (Å²) in [5.74, 6) is -0.766. The van der Waals surface area contributed by atoms with Crippen molar-refractivity contribution in [3.63, 3.8) is 0 Å². The zero-order valence-electron chi connectivity index (χ0n) is 13.1. The maximum absolute atomic E-state index is 12.8. The Labute approximate surface area is 139 Å². The summed E-state index contributed by atoms with van der Waals surface area (Å²) in [7, 11) is 0. The van der Waals surface area contributed by atoms with E-state index >= 15 is 0 Å². The van der Waals surface area contributed by atoms with Crippen molar-refractivity contribution in [2.75, 3.05) is 0 Å². The summed E-state index contributed by atoms with van der Waals surface area (Å²) < 4.78 is 14.9. The summed E-state index contributed by atoms with van der Waals surface area (Å²) in [6.07, 6.45) is 3.52. The molecule has 120 valence electrons. The van der Waals surface area contributed by atoms with Crippen LogP contribution in [0, 0.1) is 12.7 Å². The highest BCUT2D eigenvalue weighted by atomic mass is 19.1. The predicted octanol–water partition coefficient (Wildman–Crippen LogP) is 3.69. The van der Waals surface area contributed by atoms with Gasteiger partial charge in [-0.25, -0.2) is 9.82 Å². The first-order chi connectivity index (χ1) is 11.6. The first-order valence-electron chi connectivity index (χ1n) is 7.47. The van der Waals surface area contributed by atoms with E-state index in [0.29, 0.717) is 5.56 Å². The van der Waals surface area contributed by atoms with Crippen LogP contribution in [0.15, 0.2) is 72.0 Å². The van der Waals surface area contributed by atoms with Gasteiger partial charge in [0, 0.05) is 28.7 Å². The third kappa shape index (κ3) is 3.57. The van der Waals surface area contributed by atoms with Crippen molar-refractivity contribution in [3.05, 3.63) is 89.5 Å². The zero-order chi connectivity index (χ0) is 16.9. The molecule has 3 rings (SSSR count). The average Bonchev–Trinajstić information content (AvgIpc) is 2.97. The first kappa shape index (κ1) is 15.7. The van der Waals surface area contributed by atoms with Crippen molar-refractivity contribution < 1.29 is 9.18 Å². The highest BCUT2D eigenvalue weighted by Gasteiger charge is 2.05. The number of hydrogen-bond donors (Lipinski definition) is 1. The van der Waals surface area contributed by atoms with E-state index in [2.05, 4.69) is 10.5 Å². The molecule has 1 N–H and O–H groups in total. The maximum atomic E-state index is 12.8. The van der Waals surface area contributed by atoms with Crippen LogP contribution in [0.4, 0.5) is 4.39 Å². The minimum Gasteiger partial charge on any atom is -0.321 e. The van der Waals surface area contributed by atoms with E-state index in [9.17, 15) is 9.18 Å². The average molecular weight is 321 g/mol. The van der Waals surface area contributed by atoms with Crippen molar-refractivity contribution in [2.45, 2.75) is 6.92 Å². The van der Waals surface area contributed by atoms with E-state index in [4.69, 9.17) is 0 Å². The van der Waals surface area contributed by atoms with E-state index in [1.807, 2.05) is 54.1 Å². The lowest BCUT2D eigenvalue weighted by Crippen LogP contribution is -2.17. The number of nitrogens with zero attached hydrogens (tertiary/aromatic N) is 2. The van der Waals surface area contributed by atoms with Crippen LogP contribution in [0.1, 0.15) is 21.6 Å². The quantitative estimate of drug-likeness (QED) is 0.578. The Morgan fingerprint density at radius 2 is 1.83 bits per heavy atom. The fourth-order valence-corrected chi connectivity index (χ4v) is 2.37. The van der Waals surface area contributed by atoms with E-state index in [0.717, 1.165) is 16.9 Å². The fourth-order valence-electron chi connectivity index (χ4n) is 2.37. The van der Waals surface area contributed by atoms with E-state index in [1.54, 1.807) is 6.21 Å². The number of carbonyl (C=O) groups excluding carboxylic acids is 1. The number of carbonyl (C=O) groups is 1. The number of nitrogens with one attached hydrogen (secondary N) is 1. The number of benzene rings is 2. The molecule has 5 heteroatoms. The molecule has 1 aromatic heterocycles. The van der Waals surface area contributed by atoms with Crippen LogP contribution in [-0.2, 0) is 0 Å². The summed E-state index contributed by atoms with van der Waals surface area (Å²) in [5, 5.41) is 3.96. The third-order valence-electron chi connectivity index (χ3n) is 3.55. The van der Waals surface area contributed by atoms with Crippen LogP contribution in [0.2, 0.25) is 0 Å². The van der Waals surface area contributed by atoms with E-state index in [-0.39, 0.29) is 11.7 Å². The van der Waals surface area contributed by atoms with Gasteiger partial charge in [0.15, 0.2) is 0 Å². The van der Waals surface area contributed by atoms with Crippen LogP contribution in [0.25, 0.3) is 5.69 Å². The molecule has 0 saturated heterocycles. The van der Waals surface area contributed by atoms with Gasteiger partial charge in [0.2, 0.25) is 0 Å². The normalized spacial score (nSPS) is 10.9. The summed E-state index contributed by atoms with van der Waals surface area (Å²) in [6, 6.07) is 17.2. The van der Waals surface area contributed by atoms with Gasteiger partial charge >= 0.3 is 0 Å². The highest BCUT2D eigenvalue weighted by molar-refractivity contribution is 5.94. The molecule has 3 aromatic rings. The number of para-hydroxylation sites is 1. The Bertz CT molecular complexity index is 867. The van der Waals surface area contributed by atoms with Crippen molar-refractivity contribution in [2.24, 2.45) is 5.10 Å². The Morgan fingerprint density at radius 1 is 1.12 bits per heavy atom. The monoisotopic (exact) mass is 321 g/mol. The molecule has 0 aliphatic rings. The van der Waals surface area contributed by atoms with E-state index < -0.39 is 0 Å². The van der Waals surface area contributed by atoms with Gasteiger partial charge in [-0.3, -0.25) is 4.79 Å². The number of hydrazone groups is 1. The summed E-state index contributed by atoms with van der Waals surface area (Å²) in [4.78, 5) is 11.9. The third-order valence-corrected chi connectivity index (χ3v) is 3.55. The van der Waals surface area contributed by atoms with Crippen molar-refractivity contribution in [1.29, 1.82) is 0 Å². The van der Waals surface area contributed by atoms with Crippen LogP contribution < -0.4 is 5.43 Å². The van der Waals surface area contributed by atoms with Crippen molar-refractivity contribution in [3.8, 4) is 5.69 Å². The molecule has 0 aliphatic heterocycles. The van der Waals surface area contributed by atoms with Gasteiger partial charge < -0.3 is 4.57 Å². The smallest absolute Gasteiger partial charge is 0.271 e. The Balaban J connectivity index is 1.69. The van der Waals surface area contributed by atoms with Crippen LogP contribution in [-0.4, -0.2) is 16.7 Å². The number of halogens is 1. The lowest BCUT2D eigenvalue weighted by atomic mass is 10.2. The van der Waals surface area contributed by atoms with Crippen molar-refractivity contribution >= 4 is 12.1 Å². The van der Waals surface area contributed by atoms with Gasteiger partial charge in [-0.2, -0.15) is 5.10 Å². The topological polar surface area (TPSA) is 46.4 Å². The molecule has 0 bridgehead atoms. The molecule has 2 aromatic carbocycles. The number of aryl methyl sites for hydroxylation is 1. The zero-order valence-corrected chi connectivity index (χ0v) is 13.1. The molecule has 0 unspecified atom stereocenters. The van der Waals surface area contributed by atoms with Crippen LogP contribution in [0.5, 0.6) is 0 Å². The number of hydrogen-bond acceptors (Lipinski definition) is 2. The molecule has 4 nitrogen and oxygen atoms in total. The number of rotatable bonds is 4. The molecule has 0 atom stereocenters. The van der Waals surface area contributed by atoms with Gasteiger partial charge in [0.25, 0.3) is 5.91 Å².